The van der Waals surface area contributed by atoms with Crippen LogP contribution in [0.1, 0.15) is 32.3 Å². The molecule has 4 nitrogen and oxygen atoms in total. The number of hydrogen-bond donors (Lipinski definition) is 0. The van der Waals surface area contributed by atoms with Crippen molar-refractivity contribution in [2.24, 2.45) is 0 Å². The molecule has 224 valence electrons. The first-order valence-corrected chi connectivity index (χ1v) is 15.7. The van der Waals surface area contributed by atoms with E-state index in [1.807, 2.05) is 31.5 Å². The third-order valence-electron chi connectivity index (χ3n) is 7.71. The van der Waals surface area contributed by atoms with Crippen molar-refractivity contribution in [1.82, 2.24) is 19.9 Å². The van der Waals surface area contributed by atoms with Gasteiger partial charge in [-0.3, -0.25) is 9.97 Å². The lowest BCUT2D eigenvalue weighted by Crippen LogP contribution is -1.97. The fraction of sp³-hybridized carbons (Fsp3) is 0.0952. The van der Waals surface area contributed by atoms with Crippen molar-refractivity contribution in [2.75, 3.05) is 0 Å². The van der Waals surface area contributed by atoms with Crippen LogP contribution in [0, 0.1) is 0 Å². The lowest BCUT2D eigenvalue weighted by molar-refractivity contribution is 0.959. The van der Waals surface area contributed by atoms with Crippen LogP contribution < -0.4 is 0 Å². The van der Waals surface area contributed by atoms with Gasteiger partial charge in [0.05, 0.1) is 11.4 Å². The molecule has 0 aliphatic carbocycles. The number of benzene rings is 3. The van der Waals surface area contributed by atoms with Gasteiger partial charge in [0.1, 0.15) is 0 Å². The van der Waals surface area contributed by atoms with Crippen molar-refractivity contribution < 1.29 is 0 Å². The Bertz CT molecular complexity index is 1910. The Kier molecular flexibility index (Phi) is 9.76. The van der Waals surface area contributed by atoms with Crippen LogP contribution in [0.3, 0.4) is 0 Å². The standard InChI is InChI=1S/C42H36N4/c1-3-5-7-14-31(13-6-4-2)32-15-10-20-37(27-32)42-45-40(35-18-8-16-33(25-35)38-21-11-23-43-29-38)28-41(46-42)36-19-9-17-34(26-36)39-22-12-24-44-30-39/h4,6-30H,3,5H2,1-2H3. The molecule has 0 N–H and O–H groups in total. The van der Waals surface area contributed by atoms with E-state index in [1.165, 1.54) is 0 Å². The van der Waals surface area contributed by atoms with Gasteiger partial charge in [0.2, 0.25) is 0 Å². The SMILES string of the molecule is CC=CC=C(C=CCCC)c1cccc(-c2nc(-c3cccc(-c4cccnc4)c3)cc(-c3cccc(-c4cccnc4)c3)n2)c1. The molecule has 0 radical (unpaired) electrons. The first kappa shape index (κ1) is 30.3. The molecule has 6 rings (SSSR count). The summed E-state index contributed by atoms with van der Waals surface area (Å²) < 4.78 is 0. The normalized spacial score (nSPS) is 11.8. The maximum Gasteiger partial charge on any atom is 0.160 e. The van der Waals surface area contributed by atoms with Crippen LogP contribution in [0.4, 0.5) is 0 Å². The molecule has 0 aliphatic rings. The number of nitrogens with zero attached hydrogens (tertiary/aromatic N) is 4. The Balaban J connectivity index is 1.49. The van der Waals surface area contributed by atoms with Gasteiger partial charge in [-0.2, -0.15) is 0 Å². The summed E-state index contributed by atoms with van der Waals surface area (Å²) in [5.41, 5.74) is 11.3. The first-order valence-electron chi connectivity index (χ1n) is 15.7. The number of allylic oxidation sites excluding steroid dienone is 6. The van der Waals surface area contributed by atoms with Crippen molar-refractivity contribution in [2.45, 2.75) is 26.7 Å². The van der Waals surface area contributed by atoms with Crippen LogP contribution in [0.25, 0.3) is 61.7 Å². The highest BCUT2D eigenvalue weighted by Gasteiger charge is 2.13. The van der Waals surface area contributed by atoms with Gasteiger partial charge in [0.25, 0.3) is 0 Å². The molecule has 0 aliphatic heterocycles. The average Bonchev–Trinajstić information content (AvgIpc) is 3.14. The molecule has 0 saturated carbocycles. The molecule has 0 saturated heterocycles. The third kappa shape index (κ3) is 7.31. The topological polar surface area (TPSA) is 51.6 Å². The number of pyridine rings is 2. The second kappa shape index (κ2) is 14.8. The Morgan fingerprint density at radius 1 is 0.609 bits per heavy atom. The molecular weight excluding hydrogens is 560 g/mol. The predicted molar refractivity (Wildman–Crippen MR) is 192 cm³/mol. The molecule has 3 heterocycles. The van der Waals surface area contributed by atoms with E-state index in [4.69, 9.17) is 9.97 Å². The van der Waals surface area contributed by atoms with Crippen molar-refractivity contribution in [3.05, 3.63) is 164 Å². The zero-order chi connectivity index (χ0) is 31.6. The van der Waals surface area contributed by atoms with E-state index in [1.54, 1.807) is 12.4 Å². The van der Waals surface area contributed by atoms with Gasteiger partial charge in [-0.1, -0.05) is 110 Å². The van der Waals surface area contributed by atoms with E-state index in [9.17, 15) is 0 Å². The molecule has 3 aromatic heterocycles. The smallest absolute Gasteiger partial charge is 0.160 e. The molecule has 0 atom stereocenters. The van der Waals surface area contributed by atoms with Crippen LogP contribution in [0.2, 0.25) is 0 Å². The van der Waals surface area contributed by atoms with E-state index in [2.05, 4.69) is 138 Å². The fourth-order valence-electron chi connectivity index (χ4n) is 5.32. The highest BCUT2D eigenvalue weighted by Crippen LogP contribution is 2.32. The number of aromatic nitrogens is 4. The number of rotatable bonds is 10. The zero-order valence-corrected chi connectivity index (χ0v) is 26.2. The highest BCUT2D eigenvalue weighted by atomic mass is 14.9. The number of unbranched alkanes of at least 4 members (excludes halogenated alkanes) is 1. The monoisotopic (exact) mass is 596 g/mol. The maximum atomic E-state index is 5.16. The van der Waals surface area contributed by atoms with Crippen molar-refractivity contribution in [3.63, 3.8) is 0 Å². The minimum Gasteiger partial charge on any atom is -0.264 e. The summed E-state index contributed by atoms with van der Waals surface area (Å²) in [4.78, 5) is 19.0. The van der Waals surface area contributed by atoms with Crippen LogP contribution in [0.5, 0.6) is 0 Å². The molecule has 6 aromatic rings. The first-order chi connectivity index (χ1) is 22.7. The highest BCUT2D eigenvalue weighted by molar-refractivity contribution is 5.80. The van der Waals surface area contributed by atoms with Crippen molar-refractivity contribution >= 4 is 5.57 Å². The molecule has 0 bridgehead atoms. The van der Waals surface area contributed by atoms with Gasteiger partial charge >= 0.3 is 0 Å². The van der Waals surface area contributed by atoms with Gasteiger partial charge in [0, 0.05) is 52.6 Å². The van der Waals surface area contributed by atoms with E-state index in [-0.39, 0.29) is 0 Å². The zero-order valence-electron chi connectivity index (χ0n) is 26.2. The van der Waals surface area contributed by atoms with Gasteiger partial charge in [-0.15, -0.1) is 0 Å². The van der Waals surface area contributed by atoms with Gasteiger partial charge in [0.15, 0.2) is 5.82 Å². The van der Waals surface area contributed by atoms with Gasteiger partial charge in [-0.05, 0) is 72.0 Å². The second-order valence-corrected chi connectivity index (χ2v) is 11.0. The third-order valence-corrected chi connectivity index (χ3v) is 7.71. The van der Waals surface area contributed by atoms with E-state index >= 15 is 0 Å². The van der Waals surface area contributed by atoms with Crippen molar-refractivity contribution in [1.29, 1.82) is 0 Å². The molecule has 0 unspecified atom stereocenters. The van der Waals surface area contributed by atoms with Gasteiger partial charge in [-0.25, -0.2) is 9.97 Å². The van der Waals surface area contributed by atoms with E-state index in [0.29, 0.717) is 5.82 Å². The minimum atomic E-state index is 0.677. The molecule has 0 amide bonds. The summed E-state index contributed by atoms with van der Waals surface area (Å²) in [7, 11) is 0. The van der Waals surface area contributed by atoms with Crippen LogP contribution in [0.15, 0.2) is 158 Å². The van der Waals surface area contributed by atoms with E-state index < -0.39 is 0 Å². The van der Waals surface area contributed by atoms with E-state index in [0.717, 1.165) is 74.3 Å². The quantitative estimate of drug-likeness (QED) is 0.148. The lowest BCUT2D eigenvalue weighted by Gasteiger charge is -2.12. The molecule has 0 fully saturated rings. The lowest BCUT2D eigenvalue weighted by atomic mass is 9.99. The van der Waals surface area contributed by atoms with Crippen LogP contribution >= 0.6 is 0 Å². The predicted octanol–water partition coefficient (Wildman–Crippen LogP) is 10.9. The Morgan fingerprint density at radius 3 is 1.74 bits per heavy atom. The summed E-state index contributed by atoms with van der Waals surface area (Å²) in [5.74, 6) is 0.677. The Morgan fingerprint density at radius 2 is 1.17 bits per heavy atom. The molecule has 0 spiro atoms. The summed E-state index contributed by atoms with van der Waals surface area (Å²) in [6, 6.07) is 35.6. The molecule has 46 heavy (non-hydrogen) atoms. The molecular formula is C42H36N4. The summed E-state index contributed by atoms with van der Waals surface area (Å²) in [6.07, 6.45) is 20.2. The fourth-order valence-corrected chi connectivity index (χ4v) is 5.32. The Labute approximate surface area is 271 Å². The summed E-state index contributed by atoms with van der Waals surface area (Å²) in [6.45, 7) is 4.23. The van der Waals surface area contributed by atoms with Crippen LogP contribution in [-0.4, -0.2) is 19.9 Å². The largest absolute Gasteiger partial charge is 0.264 e. The summed E-state index contributed by atoms with van der Waals surface area (Å²) in [5, 5.41) is 0. The maximum absolute atomic E-state index is 5.16. The minimum absolute atomic E-state index is 0.677. The second-order valence-electron chi connectivity index (χ2n) is 11.0. The molecule has 4 heteroatoms. The average molecular weight is 597 g/mol. The summed E-state index contributed by atoms with van der Waals surface area (Å²) >= 11 is 0. The van der Waals surface area contributed by atoms with Crippen LogP contribution in [-0.2, 0) is 0 Å². The van der Waals surface area contributed by atoms with Crippen molar-refractivity contribution in [3.8, 4) is 56.2 Å². The van der Waals surface area contributed by atoms with Gasteiger partial charge < -0.3 is 0 Å². The number of hydrogen-bond acceptors (Lipinski definition) is 4. The Hall–Kier alpha value is -5.74. The molecule has 3 aromatic carbocycles.